The molecule has 3 aromatic carbocycles. The Morgan fingerprint density at radius 1 is 1.04 bits per heavy atom. The minimum Gasteiger partial charge on any atom is -0.507 e. The van der Waals surface area contributed by atoms with Crippen molar-refractivity contribution >= 4 is 49.5 Å². The number of rotatable bonds is 4. The minimum absolute atomic E-state index is 0.0131. The second kappa shape index (κ2) is 7.25. The van der Waals surface area contributed by atoms with E-state index < -0.39 is 10.1 Å². The summed E-state index contributed by atoms with van der Waals surface area (Å²) in [6, 6.07) is 11.6. The molecule has 10 heteroatoms. The van der Waals surface area contributed by atoms with Gasteiger partial charge in [0.25, 0.3) is 10.1 Å². The lowest BCUT2D eigenvalue weighted by atomic mass is 10.1. The fraction of sp³-hybridized carbons (Fsp3) is 0.0556. The number of anilines is 2. The minimum atomic E-state index is -4.49. The molecule has 9 nitrogen and oxygen atoms in total. The number of aromatic hydroxyl groups is 1. The van der Waals surface area contributed by atoms with Crippen molar-refractivity contribution in [2.75, 3.05) is 11.1 Å². The van der Waals surface area contributed by atoms with Crippen molar-refractivity contribution in [1.29, 1.82) is 0 Å². The molecule has 3 aromatic rings. The maximum atomic E-state index is 11.5. The molecule has 5 N–H and O–H groups in total. The van der Waals surface area contributed by atoms with Gasteiger partial charge in [-0.3, -0.25) is 9.35 Å². The predicted molar refractivity (Wildman–Crippen MR) is 105 cm³/mol. The van der Waals surface area contributed by atoms with Crippen LogP contribution >= 0.6 is 0 Å². The highest BCUT2D eigenvalue weighted by Gasteiger charge is 2.18. The van der Waals surface area contributed by atoms with E-state index in [4.69, 9.17) is 5.73 Å². The van der Waals surface area contributed by atoms with Crippen LogP contribution in [-0.2, 0) is 14.9 Å². The van der Waals surface area contributed by atoms with Crippen LogP contribution in [0.1, 0.15) is 6.92 Å². The van der Waals surface area contributed by atoms with Crippen LogP contribution in [0.5, 0.6) is 5.75 Å². The zero-order valence-corrected chi connectivity index (χ0v) is 15.4. The van der Waals surface area contributed by atoms with Gasteiger partial charge < -0.3 is 16.2 Å². The van der Waals surface area contributed by atoms with Gasteiger partial charge in [-0.2, -0.15) is 13.5 Å². The molecular formula is C18H16N4O5S. The van der Waals surface area contributed by atoms with Crippen LogP contribution in [0.4, 0.5) is 22.7 Å². The van der Waals surface area contributed by atoms with E-state index >= 15 is 0 Å². The number of benzene rings is 3. The fourth-order valence-corrected chi connectivity index (χ4v) is 3.34. The first kappa shape index (κ1) is 19.3. The molecule has 0 heterocycles. The van der Waals surface area contributed by atoms with E-state index in [2.05, 4.69) is 15.5 Å². The molecule has 0 spiro atoms. The molecule has 1 amide bonds. The van der Waals surface area contributed by atoms with E-state index in [-0.39, 0.29) is 38.7 Å². The first-order chi connectivity index (χ1) is 13.2. The number of nitrogen functional groups attached to an aromatic ring is 1. The van der Waals surface area contributed by atoms with Crippen LogP contribution in [0.15, 0.2) is 63.7 Å². The van der Waals surface area contributed by atoms with Crippen molar-refractivity contribution in [3.8, 4) is 5.75 Å². The van der Waals surface area contributed by atoms with Crippen molar-refractivity contribution in [2.24, 2.45) is 10.2 Å². The number of phenols is 1. The number of phenolic OH excluding ortho intramolecular Hbond substituents is 1. The number of nitrogens with zero attached hydrogens (tertiary/aromatic N) is 2. The molecule has 0 saturated carbocycles. The molecule has 0 aromatic heterocycles. The standard InChI is InChI=1S/C18H16N4O5S/c1-10(23)20-11-2-4-12(5-3-11)21-22-14-7-6-13-16(28(25,26)27)9-8-15(24)17(13)18(14)19/h2-9,24H,19H2,1H3,(H,20,23)(H,25,26,27). The number of carbonyl (C=O) groups excluding carboxylic acids is 1. The Balaban J connectivity index is 2.00. The van der Waals surface area contributed by atoms with E-state index in [1.54, 1.807) is 24.3 Å². The monoisotopic (exact) mass is 400 g/mol. The van der Waals surface area contributed by atoms with Crippen LogP contribution in [-0.4, -0.2) is 24.0 Å². The molecule has 0 atom stereocenters. The SMILES string of the molecule is CC(=O)Nc1ccc(N=Nc2ccc3c(S(=O)(=O)O)ccc(O)c3c2N)cc1. The molecular weight excluding hydrogens is 384 g/mol. The molecule has 0 radical (unpaired) electrons. The van der Waals surface area contributed by atoms with Crippen molar-refractivity contribution in [2.45, 2.75) is 11.8 Å². The molecule has 0 saturated heterocycles. The molecule has 0 bridgehead atoms. The van der Waals surface area contributed by atoms with Crippen LogP contribution in [0.3, 0.4) is 0 Å². The zero-order chi connectivity index (χ0) is 20.5. The van der Waals surface area contributed by atoms with E-state index in [1.165, 1.54) is 19.1 Å². The summed E-state index contributed by atoms with van der Waals surface area (Å²) >= 11 is 0. The topological polar surface area (TPSA) is 154 Å². The second-order valence-corrected chi connectivity index (χ2v) is 7.30. The van der Waals surface area contributed by atoms with Gasteiger partial charge in [0, 0.05) is 18.0 Å². The maximum Gasteiger partial charge on any atom is 0.295 e. The van der Waals surface area contributed by atoms with Gasteiger partial charge in [0.1, 0.15) is 16.3 Å². The predicted octanol–water partition coefficient (Wildman–Crippen LogP) is 3.75. The second-order valence-electron chi connectivity index (χ2n) is 5.91. The van der Waals surface area contributed by atoms with E-state index in [0.717, 1.165) is 12.1 Å². The van der Waals surface area contributed by atoms with E-state index in [9.17, 15) is 22.9 Å². The average molecular weight is 400 g/mol. The Morgan fingerprint density at radius 2 is 1.71 bits per heavy atom. The number of hydrogen-bond acceptors (Lipinski definition) is 7. The number of carbonyl (C=O) groups is 1. The molecule has 144 valence electrons. The summed E-state index contributed by atoms with van der Waals surface area (Å²) in [5.41, 5.74) is 7.36. The first-order valence-corrected chi connectivity index (χ1v) is 9.42. The van der Waals surface area contributed by atoms with E-state index in [0.29, 0.717) is 11.4 Å². The summed E-state index contributed by atoms with van der Waals surface area (Å²) in [7, 11) is -4.49. The van der Waals surface area contributed by atoms with Gasteiger partial charge in [-0.1, -0.05) is 6.07 Å². The number of azo groups is 1. The Kier molecular flexibility index (Phi) is 4.99. The van der Waals surface area contributed by atoms with Gasteiger partial charge in [-0.05, 0) is 42.5 Å². The van der Waals surface area contributed by atoms with Gasteiger partial charge in [0.2, 0.25) is 5.91 Å². The molecule has 0 unspecified atom stereocenters. The number of nitrogens with two attached hydrogens (primary N) is 1. The van der Waals surface area contributed by atoms with E-state index in [1.807, 2.05) is 0 Å². The van der Waals surface area contributed by atoms with Gasteiger partial charge in [0.05, 0.1) is 16.8 Å². The third-order valence-electron chi connectivity index (χ3n) is 3.88. The van der Waals surface area contributed by atoms with Crippen molar-refractivity contribution in [1.82, 2.24) is 0 Å². The highest BCUT2D eigenvalue weighted by atomic mass is 32.2. The highest BCUT2D eigenvalue weighted by Crippen LogP contribution is 2.39. The van der Waals surface area contributed by atoms with Crippen LogP contribution in [0, 0.1) is 0 Å². The summed E-state index contributed by atoms with van der Waals surface area (Å²) in [5, 5.41) is 20.9. The van der Waals surface area contributed by atoms with Crippen LogP contribution in [0.2, 0.25) is 0 Å². The maximum absolute atomic E-state index is 11.5. The fourth-order valence-electron chi connectivity index (χ4n) is 2.66. The Labute approximate surface area is 160 Å². The van der Waals surface area contributed by atoms with Crippen molar-refractivity contribution < 1.29 is 22.9 Å². The number of amides is 1. The molecule has 0 aliphatic rings. The summed E-state index contributed by atoms with van der Waals surface area (Å²) in [5.74, 6) is -0.445. The van der Waals surface area contributed by atoms with Gasteiger partial charge in [0.15, 0.2) is 0 Å². The Morgan fingerprint density at radius 3 is 2.32 bits per heavy atom. The molecule has 0 aliphatic heterocycles. The third-order valence-corrected chi connectivity index (χ3v) is 4.79. The van der Waals surface area contributed by atoms with Crippen molar-refractivity contribution in [3.05, 3.63) is 48.5 Å². The summed E-state index contributed by atoms with van der Waals surface area (Å²) in [4.78, 5) is 10.7. The molecule has 28 heavy (non-hydrogen) atoms. The number of hydrogen-bond donors (Lipinski definition) is 4. The average Bonchev–Trinajstić information content (AvgIpc) is 2.61. The highest BCUT2D eigenvalue weighted by molar-refractivity contribution is 7.86. The van der Waals surface area contributed by atoms with Gasteiger partial charge in [-0.25, -0.2) is 0 Å². The first-order valence-electron chi connectivity index (χ1n) is 7.98. The lowest BCUT2D eigenvalue weighted by molar-refractivity contribution is -0.114. The number of nitrogens with one attached hydrogen (secondary N) is 1. The normalized spacial score (nSPS) is 11.8. The molecule has 0 fully saturated rings. The Hall–Kier alpha value is -3.50. The molecule has 0 aliphatic carbocycles. The van der Waals surface area contributed by atoms with Gasteiger partial charge >= 0.3 is 0 Å². The third kappa shape index (κ3) is 3.92. The van der Waals surface area contributed by atoms with Gasteiger partial charge in [-0.15, -0.1) is 5.11 Å². The summed E-state index contributed by atoms with van der Waals surface area (Å²) in [6.45, 7) is 1.40. The largest absolute Gasteiger partial charge is 0.507 e. The van der Waals surface area contributed by atoms with Crippen molar-refractivity contribution in [3.63, 3.8) is 0 Å². The lowest BCUT2D eigenvalue weighted by Gasteiger charge is -2.10. The zero-order valence-electron chi connectivity index (χ0n) is 14.6. The number of fused-ring (bicyclic) bond motifs is 1. The quantitative estimate of drug-likeness (QED) is 0.297. The smallest absolute Gasteiger partial charge is 0.295 e. The van der Waals surface area contributed by atoms with Crippen LogP contribution in [0.25, 0.3) is 10.8 Å². The summed E-state index contributed by atoms with van der Waals surface area (Å²) in [6.07, 6.45) is 0. The molecule has 3 rings (SSSR count). The lowest BCUT2D eigenvalue weighted by Crippen LogP contribution is -2.04. The summed E-state index contributed by atoms with van der Waals surface area (Å²) < 4.78 is 32.4. The Bertz CT molecular complexity index is 1200. The van der Waals surface area contributed by atoms with Crippen LogP contribution < -0.4 is 11.1 Å².